The van der Waals surface area contributed by atoms with Crippen molar-refractivity contribution in [3.63, 3.8) is 0 Å². The third-order valence-electron chi connectivity index (χ3n) is 10.4. The summed E-state index contributed by atoms with van der Waals surface area (Å²) in [5.74, 6) is -0.101. The number of aromatic nitrogens is 3. The largest absolute Gasteiger partial charge is 0.460 e. The minimum Gasteiger partial charge on any atom is -0.460 e. The van der Waals surface area contributed by atoms with Crippen molar-refractivity contribution < 1.29 is 14.3 Å². The molecule has 220 valence electrons. The van der Waals surface area contributed by atoms with Gasteiger partial charge in [0.05, 0.1) is 18.1 Å². The van der Waals surface area contributed by atoms with E-state index in [-0.39, 0.29) is 35.8 Å². The molecule has 1 aromatic heterocycles. The summed E-state index contributed by atoms with van der Waals surface area (Å²) in [5.41, 5.74) is -0.0803. The van der Waals surface area contributed by atoms with E-state index in [1.54, 1.807) is 6.33 Å². The Hall–Kier alpha value is -1.71. The highest BCUT2D eigenvalue weighted by Crippen LogP contribution is 2.32. The van der Waals surface area contributed by atoms with Crippen molar-refractivity contribution in [2.45, 2.75) is 134 Å². The van der Waals surface area contributed by atoms with Crippen LogP contribution in [0.15, 0.2) is 11.1 Å². The normalized spacial score (nSPS) is 31.6. The van der Waals surface area contributed by atoms with Crippen LogP contribution >= 0.6 is 0 Å². The van der Waals surface area contributed by atoms with Gasteiger partial charge < -0.3 is 9.47 Å². The number of esters is 1. The van der Waals surface area contributed by atoms with Crippen LogP contribution in [0.25, 0.3) is 0 Å². The number of ether oxygens (including phenoxy) is 2. The van der Waals surface area contributed by atoms with Crippen molar-refractivity contribution in [2.24, 2.45) is 5.92 Å². The Bertz CT molecular complexity index is 964. The summed E-state index contributed by atoms with van der Waals surface area (Å²) in [7, 11) is 1.85. The topological polar surface area (TPSA) is 81.8 Å². The number of methoxy groups -OCH3 is 1. The molecule has 0 bridgehead atoms. The van der Waals surface area contributed by atoms with E-state index in [0.717, 1.165) is 70.5 Å². The third-order valence-corrected chi connectivity index (χ3v) is 10.4. The molecule has 0 aromatic carbocycles. The first-order chi connectivity index (χ1) is 18.9. The summed E-state index contributed by atoms with van der Waals surface area (Å²) in [6.07, 6.45) is 16.3. The van der Waals surface area contributed by atoms with Crippen molar-refractivity contribution in [2.75, 3.05) is 33.3 Å². The van der Waals surface area contributed by atoms with Gasteiger partial charge in [-0.05, 0) is 78.1 Å². The molecule has 39 heavy (non-hydrogen) atoms. The summed E-state index contributed by atoms with van der Waals surface area (Å²) in [6, 6.07) is 1.27. The molecular formula is C30H51N5O4. The predicted octanol–water partition coefficient (Wildman–Crippen LogP) is 4.18. The Morgan fingerprint density at radius 1 is 0.821 bits per heavy atom. The van der Waals surface area contributed by atoms with Crippen LogP contribution in [0.1, 0.15) is 109 Å². The first kappa shape index (κ1) is 28.8. The maximum atomic E-state index is 13.3. The Kier molecular flexibility index (Phi) is 9.82. The molecule has 2 atom stereocenters. The van der Waals surface area contributed by atoms with Gasteiger partial charge in [-0.25, -0.2) is 9.48 Å². The van der Waals surface area contributed by atoms with Crippen LogP contribution in [-0.4, -0.2) is 87.7 Å². The van der Waals surface area contributed by atoms with Gasteiger partial charge in [-0.3, -0.25) is 19.2 Å². The molecule has 1 unspecified atom stereocenters. The lowest BCUT2D eigenvalue weighted by Crippen LogP contribution is -2.54. The van der Waals surface area contributed by atoms with Gasteiger partial charge in [-0.15, -0.1) is 0 Å². The molecule has 4 fully saturated rings. The first-order valence-electron chi connectivity index (χ1n) is 15.8. The van der Waals surface area contributed by atoms with Gasteiger partial charge >= 0.3 is 11.7 Å². The summed E-state index contributed by atoms with van der Waals surface area (Å²) in [4.78, 5) is 31.3. The number of rotatable bonds is 8. The second-order valence-electron chi connectivity index (χ2n) is 12.7. The van der Waals surface area contributed by atoms with Gasteiger partial charge in [-0.1, -0.05) is 19.3 Å². The number of carbonyl (C=O) groups is 1. The Morgan fingerprint density at radius 3 is 1.92 bits per heavy atom. The number of hydrogen-bond donors (Lipinski definition) is 0. The number of piperazine rings is 1. The van der Waals surface area contributed by atoms with Crippen LogP contribution in [0.3, 0.4) is 0 Å². The molecule has 1 aromatic rings. The minimum atomic E-state index is -0.384. The Labute approximate surface area is 234 Å². The van der Waals surface area contributed by atoms with Crippen molar-refractivity contribution in [3.05, 3.63) is 16.8 Å². The fourth-order valence-electron chi connectivity index (χ4n) is 7.59. The fourth-order valence-corrected chi connectivity index (χ4v) is 7.59. The van der Waals surface area contributed by atoms with Crippen LogP contribution in [0.2, 0.25) is 0 Å². The molecule has 0 radical (unpaired) electrons. The van der Waals surface area contributed by atoms with Crippen LogP contribution in [0, 0.1) is 5.92 Å². The molecule has 9 nitrogen and oxygen atoms in total. The van der Waals surface area contributed by atoms with Gasteiger partial charge in [0.1, 0.15) is 12.4 Å². The Morgan fingerprint density at radius 2 is 1.36 bits per heavy atom. The van der Waals surface area contributed by atoms with Gasteiger partial charge in [0.15, 0.2) is 0 Å². The zero-order valence-electron chi connectivity index (χ0n) is 24.5. The second kappa shape index (κ2) is 13.3. The summed E-state index contributed by atoms with van der Waals surface area (Å²) in [6.45, 7) is 8.48. The molecule has 5 rings (SSSR count). The first-order valence-corrected chi connectivity index (χ1v) is 15.8. The van der Waals surface area contributed by atoms with E-state index in [1.807, 2.05) is 25.5 Å². The highest BCUT2D eigenvalue weighted by Gasteiger charge is 2.33. The zero-order chi connectivity index (χ0) is 27.4. The number of nitrogens with zero attached hydrogens (tertiary/aromatic N) is 5. The van der Waals surface area contributed by atoms with E-state index in [2.05, 4.69) is 14.9 Å². The Balaban J connectivity index is 1.08. The molecule has 0 amide bonds. The zero-order valence-corrected chi connectivity index (χ0v) is 24.5. The monoisotopic (exact) mass is 545 g/mol. The summed E-state index contributed by atoms with van der Waals surface area (Å²) in [5, 5.41) is 4.46. The van der Waals surface area contributed by atoms with Gasteiger partial charge in [-0.2, -0.15) is 5.10 Å². The maximum Gasteiger partial charge on any atom is 0.346 e. The fraction of sp³-hybridized carbons (Fsp3) is 0.900. The highest BCUT2D eigenvalue weighted by molar-refractivity contribution is 5.72. The molecule has 1 aliphatic heterocycles. The maximum absolute atomic E-state index is 13.3. The standard InChI is InChI=1S/C30H51N5O4/c1-22(23(2)39-29(36)24-7-5-4-6-8-24)35-30(37)34(21-31-35)27-11-9-25(10-12-27)32-17-19-33(20-18-32)26-13-15-28(38-3)16-14-26/h21-28H,4-20H2,1-3H3/t22-,23?,25?,26?,27?,28?/m0/s1. The molecule has 3 aliphatic carbocycles. The minimum absolute atomic E-state index is 0.0109. The molecule has 9 heteroatoms. The SMILES string of the molecule is COC1CCC(N2CCN(C3CCC(n4cnn([C@@H](C)C(C)OC(=O)C5CCCCC5)c4=O)CC3)CC2)CC1. The van der Waals surface area contributed by atoms with E-state index in [0.29, 0.717) is 12.1 Å². The molecule has 2 heterocycles. The molecule has 0 N–H and O–H groups in total. The molecule has 1 saturated heterocycles. The number of hydrogen-bond acceptors (Lipinski definition) is 7. The van der Waals surface area contributed by atoms with Crippen molar-refractivity contribution in [1.82, 2.24) is 24.1 Å². The van der Waals surface area contributed by atoms with Crippen LogP contribution in [-0.2, 0) is 14.3 Å². The lowest BCUT2D eigenvalue weighted by Gasteiger charge is -2.45. The average Bonchev–Trinajstić information content (AvgIpc) is 3.38. The van der Waals surface area contributed by atoms with Crippen molar-refractivity contribution >= 4 is 5.97 Å². The van der Waals surface area contributed by atoms with Crippen molar-refractivity contribution in [1.29, 1.82) is 0 Å². The molecular weight excluding hydrogens is 494 g/mol. The summed E-state index contributed by atoms with van der Waals surface area (Å²) >= 11 is 0. The number of carbonyl (C=O) groups excluding carboxylic acids is 1. The van der Waals surface area contributed by atoms with Gasteiger partial charge in [0, 0.05) is 51.4 Å². The van der Waals surface area contributed by atoms with Crippen LogP contribution < -0.4 is 5.69 Å². The molecule has 3 saturated carbocycles. The lowest BCUT2D eigenvalue weighted by molar-refractivity contribution is -0.156. The third kappa shape index (κ3) is 6.79. The van der Waals surface area contributed by atoms with E-state index >= 15 is 0 Å². The van der Waals surface area contributed by atoms with Crippen molar-refractivity contribution in [3.8, 4) is 0 Å². The smallest absolute Gasteiger partial charge is 0.346 e. The second-order valence-corrected chi connectivity index (χ2v) is 12.7. The molecule has 4 aliphatic rings. The lowest BCUT2D eigenvalue weighted by atomic mass is 9.89. The van der Waals surface area contributed by atoms with Crippen LogP contribution in [0.5, 0.6) is 0 Å². The van der Waals surface area contributed by atoms with E-state index < -0.39 is 0 Å². The van der Waals surface area contributed by atoms with E-state index in [1.165, 1.54) is 49.9 Å². The predicted molar refractivity (Wildman–Crippen MR) is 151 cm³/mol. The van der Waals surface area contributed by atoms with Crippen LogP contribution in [0.4, 0.5) is 0 Å². The summed E-state index contributed by atoms with van der Waals surface area (Å²) < 4.78 is 14.7. The highest BCUT2D eigenvalue weighted by atomic mass is 16.5. The van der Waals surface area contributed by atoms with E-state index in [4.69, 9.17) is 9.47 Å². The van der Waals surface area contributed by atoms with Gasteiger partial charge in [0.25, 0.3) is 0 Å². The van der Waals surface area contributed by atoms with E-state index in [9.17, 15) is 9.59 Å². The van der Waals surface area contributed by atoms with Gasteiger partial charge in [0.2, 0.25) is 0 Å². The quantitative estimate of drug-likeness (QED) is 0.454. The molecule has 0 spiro atoms. The average molecular weight is 546 g/mol.